The molecule has 0 saturated carbocycles. The molecule has 0 radical (unpaired) electrons. The highest BCUT2D eigenvalue weighted by Gasteiger charge is 2.67. The number of nitrogens with zero attached hydrogens (tertiary/aromatic N) is 1. The third-order valence-corrected chi connectivity index (χ3v) is 8.35. The van der Waals surface area contributed by atoms with Crippen LogP contribution < -0.4 is 4.74 Å². The Balaban J connectivity index is 2.37. The van der Waals surface area contributed by atoms with Gasteiger partial charge in [-0.05, 0) is 44.4 Å². The minimum Gasteiger partial charge on any atom is -0.497 e. The van der Waals surface area contributed by atoms with Gasteiger partial charge in [0.1, 0.15) is 11.4 Å². The first-order chi connectivity index (χ1) is 14.9. The fourth-order valence-corrected chi connectivity index (χ4v) is 5.24. The maximum Gasteiger partial charge on any atom is 0.370 e. The Labute approximate surface area is 193 Å². The van der Waals surface area contributed by atoms with E-state index in [9.17, 15) is 14.7 Å². The quantitative estimate of drug-likeness (QED) is 0.229. The van der Waals surface area contributed by atoms with E-state index in [1.807, 2.05) is 19.1 Å². The Kier molecular flexibility index (Phi) is 8.53. The first-order valence-corrected chi connectivity index (χ1v) is 15.1. The second kappa shape index (κ2) is 10.4. The van der Waals surface area contributed by atoms with Gasteiger partial charge in [-0.25, -0.2) is 4.79 Å². The third-order valence-electron chi connectivity index (χ3n) is 6.56. The lowest BCUT2D eigenvalue weighted by Gasteiger charge is -2.40. The normalized spacial score (nSPS) is 25.8. The highest BCUT2D eigenvalue weighted by Crippen LogP contribution is 2.47. The van der Waals surface area contributed by atoms with Gasteiger partial charge in [0.2, 0.25) is 5.91 Å². The van der Waals surface area contributed by atoms with Crippen molar-refractivity contribution in [2.24, 2.45) is 5.92 Å². The van der Waals surface area contributed by atoms with Gasteiger partial charge in [-0.1, -0.05) is 51.2 Å². The van der Waals surface area contributed by atoms with Crippen molar-refractivity contribution in [3.05, 3.63) is 29.8 Å². The SMILES string of the molecule is CCCCOOC(=O)[C@]1(C)N(Cc2ccc(OC)cc2)C(=O)[C@H](CC[Si](C)(C)C)[C@]1(C)O. The van der Waals surface area contributed by atoms with Gasteiger partial charge in [-0.2, -0.15) is 4.89 Å². The van der Waals surface area contributed by atoms with Crippen LogP contribution in [0.5, 0.6) is 5.75 Å². The molecule has 1 N–H and O–H groups in total. The van der Waals surface area contributed by atoms with Crippen molar-refractivity contribution in [3.8, 4) is 5.75 Å². The summed E-state index contributed by atoms with van der Waals surface area (Å²) in [6.07, 6.45) is 2.17. The number of unbranched alkanes of at least 4 members (excludes halogenated alkanes) is 1. The van der Waals surface area contributed by atoms with E-state index in [1.165, 1.54) is 4.90 Å². The van der Waals surface area contributed by atoms with E-state index in [4.69, 9.17) is 14.5 Å². The number of likely N-dealkylation sites (tertiary alicyclic amines) is 1. The van der Waals surface area contributed by atoms with Gasteiger partial charge < -0.3 is 14.7 Å². The number of carbonyl (C=O) groups excluding carboxylic acids is 2. The van der Waals surface area contributed by atoms with Gasteiger partial charge in [-0.15, -0.1) is 0 Å². The number of amides is 1. The Morgan fingerprint density at radius 1 is 1.19 bits per heavy atom. The van der Waals surface area contributed by atoms with Gasteiger partial charge in [0.15, 0.2) is 5.54 Å². The fraction of sp³-hybridized carbons (Fsp3) is 0.667. The Bertz CT molecular complexity index is 789. The van der Waals surface area contributed by atoms with Crippen LogP contribution in [0.2, 0.25) is 25.7 Å². The van der Waals surface area contributed by atoms with Gasteiger partial charge >= 0.3 is 5.97 Å². The predicted octanol–water partition coefficient (Wildman–Crippen LogP) is 4.17. The molecule has 0 spiro atoms. The molecule has 32 heavy (non-hydrogen) atoms. The van der Waals surface area contributed by atoms with E-state index in [1.54, 1.807) is 33.1 Å². The molecule has 180 valence electrons. The molecule has 3 atom stereocenters. The number of benzene rings is 1. The standard InChI is InChI=1S/C24H39NO6Si/c1-8-9-15-30-31-22(27)23(2)24(3,28)20(14-16-32(5,6)7)21(26)25(23)17-18-10-12-19(29-4)13-11-18/h10-13,20,28H,8-9,14-17H2,1-7H3/t20-,23-,24-/m0/s1. The lowest BCUT2D eigenvalue weighted by Crippen LogP contribution is -2.61. The molecular formula is C24H39NO6Si. The molecule has 8 heteroatoms. The summed E-state index contributed by atoms with van der Waals surface area (Å²) >= 11 is 0. The van der Waals surface area contributed by atoms with E-state index in [2.05, 4.69) is 19.6 Å². The highest BCUT2D eigenvalue weighted by atomic mass is 28.3. The van der Waals surface area contributed by atoms with Crippen molar-refractivity contribution in [1.82, 2.24) is 4.90 Å². The largest absolute Gasteiger partial charge is 0.497 e. The molecule has 0 bridgehead atoms. The van der Waals surface area contributed by atoms with Crippen molar-refractivity contribution in [2.75, 3.05) is 13.7 Å². The molecule has 1 aliphatic rings. The summed E-state index contributed by atoms with van der Waals surface area (Å²) in [6.45, 7) is 12.3. The summed E-state index contributed by atoms with van der Waals surface area (Å²) < 4.78 is 5.21. The molecule has 1 amide bonds. The first-order valence-electron chi connectivity index (χ1n) is 11.4. The van der Waals surface area contributed by atoms with Crippen LogP contribution in [-0.2, 0) is 25.9 Å². The monoisotopic (exact) mass is 465 g/mol. The zero-order valence-corrected chi connectivity index (χ0v) is 21.6. The number of hydrogen-bond donors (Lipinski definition) is 1. The molecular weight excluding hydrogens is 426 g/mol. The number of ether oxygens (including phenoxy) is 1. The summed E-state index contributed by atoms with van der Waals surface area (Å²) in [5.41, 5.74) is -2.37. The minimum absolute atomic E-state index is 0.170. The Hall–Kier alpha value is -1.90. The van der Waals surface area contributed by atoms with Crippen molar-refractivity contribution >= 4 is 20.0 Å². The maximum atomic E-state index is 13.6. The first kappa shape index (κ1) is 26.4. The zero-order valence-electron chi connectivity index (χ0n) is 20.6. The van der Waals surface area contributed by atoms with Crippen LogP contribution in [0, 0.1) is 5.92 Å². The number of aliphatic hydroxyl groups is 1. The molecule has 1 fully saturated rings. The predicted molar refractivity (Wildman–Crippen MR) is 126 cm³/mol. The number of hydrogen-bond acceptors (Lipinski definition) is 6. The van der Waals surface area contributed by atoms with E-state index in [-0.39, 0.29) is 19.1 Å². The van der Waals surface area contributed by atoms with E-state index in [0.717, 1.165) is 24.4 Å². The molecule has 1 heterocycles. The zero-order chi connectivity index (χ0) is 24.2. The smallest absolute Gasteiger partial charge is 0.370 e. The van der Waals surface area contributed by atoms with Gasteiger partial charge in [-0.3, -0.25) is 9.68 Å². The maximum absolute atomic E-state index is 13.6. The van der Waals surface area contributed by atoms with Crippen LogP contribution in [0.4, 0.5) is 0 Å². The summed E-state index contributed by atoms with van der Waals surface area (Å²) in [6, 6.07) is 8.17. The van der Waals surface area contributed by atoms with Crippen molar-refractivity contribution in [2.45, 2.75) is 83.4 Å². The second-order valence-corrected chi connectivity index (χ2v) is 15.8. The van der Waals surface area contributed by atoms with Crippen LogP contribution in [0.1, 0.15) is 45.6 Å². The van der Waals surface area contributed by atoms with Gasteiger partial charge in [0, 0.05) is 14.6 Å². The molecule has 2 rings (SSSR count). The van der Waals surface area contributed by atoms with Crippen molar-refractivity contribution in [1.29, 1.82) is 0 Å². The molecule has 1 saturated heterocycles. The summed E-state index contributed by atoms with van der Waals surface area (Å²) in [5, 5.41) is 11.6. The Morgan fingerprint density at radius 2 is 1.81 bits per heavy atom. The molecule has 1 aliphatic heterocycles. The topological polar surface area (TPSA) is 85.3 Å². The number of carbonyl (C=O) groups is 2. The van der Waals surface area contributed by atoms with E-state index >= 15 is 0 Å². The summed E-state index contributed by atoms with van der Waals surface area (Å²) in [4.78, 5) is 38.5. The van der Waals surface area contributed by atoms with Crippen LogP contribution in [0.3, 0.4) is 0 Å². The lowest BCUT2D eigenvalue weighted by molar-refractivity contribution is -0.285. The van der Waals surface area contributed by atoms with Crippen molar-refractivity contribution < 1.29 is 29.2 Å². The molecule has 1 aromatic carbocycles. The molecule has 0 aliphatic carbocycles. The number of rotatable bonds is 11. The average molecular weight is 466 g/mol. The van der Waals surface area contributed by atoms with E-state index < -0.39 is 31.1 Å². The summed E-state index contributed by atoms with van der Waals surface area (Å²) in [5.74, 6) is -0.985. The van der Waals surface area contributed by atoms with Gasteiger partial charge in [0.25, 0.3) is 0 Å². The van der Waals surface area contributed by atoms with Crippen LogP contribution in [-0.4, -0.2) is 54.8 Å². The Morgan fingerprint density at radius 3 is 2.34 bits per heavy atom. The van der Waals surface area contributed by atoms with Gasteiger partial charge in [0.05, 0.1) is 19.6 Å². The van der Waals surface area contributed by atoms with Crippen LogP contribution >= 0.6 is 0 Å². The molecule has 1 aromatic rings. The van der Waals surface area contributed by atoms with Crippen LogP contribution in [0.25, 0.3) is 0 Å². The molecule has 0 aromatic heterocycles. The summed E-state index contributed by atoms with van der Waals surface area (Å²) in [7, 11) is 0.124. The van der Waals surface area contributed by atoms with Crippen LogP contribution in [0.15, 0.2) is 24.3 Å². The fourth-order valence-electron chi connectivity index (χ4n) is 4.09. The highest BCUT2D eigenvalue weighted by molar-refractivity contribution is 6.76. The average Bonchev–Trinajstić information content (AvgIpc) is 2.87. The number of methoxy groups -OCH3 is 1. The van der Waals surface area contributed by atoms with E-state index in [0.29, 0.717) is 12.2 Å². The minimum atomic E-state index is -1.61. The third kappa shape index (κ3) is 5.53. The molecule has 0 unspecified atom stereocenters. The molecule has 7 nitrogen and oxygen atoms in total. The van der Waals surface area contributed by atoms with Crippen molar-refractivity contribution in [3.63, 3.8) is 0 Å². The lowest BCUT2D eigenvalue weighted by atomic mass is 9.76. The second-order valence-electron chi connectivity index (χ2n) is 10.2.